The van der Waals surface area contributed by atoms with Gasteiger partial charge in [0.1, 0.15) is 6.54 Å². The monoisotopic (exact) mass is 272 g/mol. The number of rotatable bonds is 5. The van der Waals surface area contributed by atoms with Gasteiger partial charge in [-0.15, -0.1) is 5.10 Å². The lowest BCUT2D eigenvalue weighted by Crippen LogP contribution is -3.11. The number of nitrogens with one attached hydrogen (secondary N) is 1. The van der Waals surface area contributed by atoms with Crippen molar-refractivity contribution in [3.8, 4) is 0 Å². The third kappa shape index (κ3) is 3.42. The van der Waals surface area contributed by atoms with E-state index in [0.717, 1.165) is 25.3 Å². The Bertz CT molecular complexity index is 516. The molecular weight excluding hydrogens is 250 g/mol. The van der Waals surface area contributed by atoms with Crippen molar-refractivity contribution in [2.45, 2.75) is 38.8 Å². The van der Waals surface area contributed by atoms with E-state index in [2.05, 4.69) is 39.8 Å². The lowest BCUT2D eigenvalue weighted by Gasteiger charge is -2.22. The largest absolute Gasteiger partial charge is 0.329 e. The summed E-state index contributed by atoms with van der Waals surface area (Å²) < 4.78 is 1.97. The molecular formula is C15H22N5+. The fraction of sp³-hybridized carbons (Fsp3) is 0.533. The summed E-state index contributed by atoms with van der Waals surface area (Å²) in [6, 6.07) is 10.5. The summed E-state index contributed by atoms with van der Waals surface area (Å²) in [4.78, 5) is 1.62. The average Bonchev–Trinajstić information content (AvgIpc) is 2.94. The van der Waals surface area contributed by atoms with Gasteiger partial charge in [-0.2, -0.15) is 0 Å². The predicted molar refractivity (Wildman–Crippen MR) is 76.2 cm³/mol. The van der Waals surface area contributed by atoms with Crippen LogP contribution in [0.15, 0.2) is 30.3 Å². The lowest BCUT2D eigenvalue weighted by molar-refractivity contribution is -0.919. The molecule has 1 fully saturated rings. The number of quaternary nitrogens is 1. The molecule has 5 heteroatoms. The Morgan fingerprint density at radius 3 is 2.65 bits per heavy atom. The van der Waals surface area contributed by atoms with Crippen LogP contribution in [0.1, 0.15) is 30.7 Å². The number of nitrogens with zero attached hydrogens (tertiary/aromatic N) is 4. The normalized spacial score (nSPS) is 16.4. The van der Waals surface area contributed by atoms with Crippen LogP contribution in [0.3, 0.4) is 0 Å². The first kappa shape index (κ1) is 13.2. The number of benzene rings is 1. The minimum absolute atomic E-state index is 0.861. The molecule has 0 atom stereocenters. The van der Waals surface area contributed by atoms with Crippen LogP contribution in [0.25, 0.3) is 0 Å². The topological polar surface area (TPSA) is 48.0 Å². The second kappa shape index (κ2) is 6.61. The molecule has 1 aromatic carbocycles. The SMILES string of the molecule is c1ccc(CCn2nnnc2C[NH+]2CCCCC2)cc1. The van der Waals surface area contributed by atoms with Crippen molar-refractivity contribution in [2.24, 2.45) is 0 Å². The molecule has 1 aromatic heterocycles. The number of aromatic nitrogens is 4. The van der Waals surface area contributed by atoms with Crippen molar-refractivity contribution >= 4 is 0 Å². The van der Waals surface area contributed by atoms with E-state index < -0.39 is 0 Å². The van der Waals surface area contributed by atoms with Crippen molar-refractivity contribution < 1.29 is 4.90 Å². The van der Waals surface area contributed by atoms with Crippen molar-refractivity contribution in [3.05, 3.63) is 41.7 Å². The first-order valence-electron chi connectivity index (χ1n) is 7.54. The Hall–Kier alpha value is -1.75. The van der Waals surface area contributed by atoms with E-state index in [4.69, 9.17) is 0 Å². The van der Waals surface area contributed by atoms with Crippen LogP contribution in [0.2, 0.25) is 0 Å². The Balaban J connectivity index is 1.58. The van der Waals surface area contributed by atoms with Gasteiger partial charge in [0, 0.05) is 6.54 Å². The first-order valence-corrected chi connectivity index (χ1v) is 7.54. The van der Waals surface area contributed by atoms with Gasteiger partial charge in [0.15, 0.2) is 0 Å². The van der Waals surface area contributed by atoms with Gasteiger partial charge in [0.2, 0.25) is 5.82 Å². The highest BCUT2D eigenvalue weighted by Gasteiger charge is 2.17. The summed E-state index contributed by atoms with van der Waals surface area (Å²) in [5.74, 6) is 1.03. The van der Waals surface area contributed by atoms with Crippen LogP contribution in [0.4, 0.5) is 0 Å². The molecule has 1 N–H and O–H groups in total. The molecule has 1 saturated heterocycles. The van der Waals surface area contributed by atoms with E-state index in [-0.39, 0.29) is 0 Å². The van der Waals surface area contributed by atoms with E-state index in [9.17, 15) is 0 Å². The van der Waals surface area contributed by atoms with E-state index in [0.29, 0.717) is 0 Å². The molecule has 20 heavy (non-hydrogen) atoms. The number of aryl methyl sites for hydroxylation is 2. The van der Waals surface area contributed by atoms with Gasteiger partial charge in [-0.05, 0) is 41.7 Å². The lowest BCUT2D eigenvalue weighted by atomic mass is 10.1. The standard InChI is InChI=1S/C15H21N5/c1-3-7-14(8-4-1)9-12-20-15(16-17-18-20)13-19-10-5-2-6-11-19/h1,3-4,7-8H,2,5-6,9-13H2/p+1. The van der Waals surface area contributed by atoms with Crippen LogP contribution in [0, 0.1) is 0 Å². The van der Waals surface area contributed by atoms with E-state index >= 15 is 0 Å². The average molecular weight is 272 g/mol. The van der Waals surface area contributed by atoms with E-state index in [1.54, 1.807) is 4.90 Å². The molecule has 1 aliphatic heterocycles. The zero-order valence-corrected chi connectivity index (χ0v) is 11.8. The maximum atomic E-state index is 4.20. The van der Waals surface area contributed by atoms with Crippen LogP contribution in [0.5, 0.6) is 0 Å². The molecule has 0 amide bonds. The highest BCUT2D eigenvalue weighted by atomic mass is 15.5. The molecule has 106 valence electrons. The van der Waals surface area contributed by atoms with Gasteiger partial charge in [0.05, 0.1) is 13.1 Å². The maximum absolute atomic E-state index is 4.20. The van der Waals surface area contributed by atoms with Gasteiger partial charge in [-0.25, -0.2) is 4.68 Å². The van der Waals surface area contributed by atoms with Crippen molar-refractivity contribution in [1.82, 2.24) is 20.2 Å². The highest BCUT2D eigenvalue weighted by molar-refractivity contribution is 5.14. The quantitative estimate of drug-likeness (QED) is 0.861. The molecule has 0 bridgehead atoms. The van der Waals surface area contributed by atoms with Crippen LogP contribution in [-0.2, 0) is 19.5 Å². The third-order valence-corrected chi connectivity index (χ3v) is 4.03. The summed E-state index contributed by atoms with van der Waals surface area (Å²) in [5, 5.41) is 12.2. The Morgan fingerprint density at radius 2 is 1.85 bits per heavy atom. The second-order valence-electron chi connectivity index (χ2n) is 5.54. The molecule has 0 aliphatic carbocycles. The zero-order valence-electron chi connectivity index (χ0n) is 11.8. The summed E-state index contributed by atoms with van der Waals surface area (Å²) in [6.07, 6.45) is 5.03. The fourth-order valence-corrected chi connectivity index (χ4v) is 2.86. The maximum Gasteiger partial charge on any atom is 0.206 e. The van der Waals surface area contributed by atoms with Crippen molar-refractivity contribution in [2.75, 3.05) is 13.1 Å². The van der Waals surface area contributed by atoms with E-state index in [1.807, 2.05) is 10.7 Å². The minimum Gasteiger partial charge on any atom is -0.329 e. The summed E-state index contributed by atoms with van der Waals surface area (Å²) in [6.45, 7) is 4.33. The Labute approximate surface area is 119 Å². The van der Waals surface area contributed by atoms with Crippen LogP contribution < -0.4 is 4.90 Å². The molecule has 1 aliphatic rings. The third-order valence-electron chi connectivity index (χ3n) is 4.03. The van der Waals surface area contributed by atoms with Crippen molar-refractivity contribution in [1.29, 1.82) is 0 Å². The smallest absolute Gasteiger partial charge is 0.206 e. The Morgan fingerprint density at radius 1 is 1.05 bits per heavy atom. The number of hydrogen-bond acceptors (Lipinski definition) is 3. The molecule has 2 aromatic rings. The van der Waals surface area contributed by atoms with Gasteiger partial charge in [-0.1, -0.05) is 30.3 Å². The summed E-state index contributed by atoms with van der Waals surface area (Å²) in [5.41, 5.74) is 1.33. The predicted octanol–water partition coefficient (Wildman–Crippen LogP) is 0.485. The molecule has 2 heterocycles. The molecule has 3 rings (SSSR count). The van der Waals surface area contributed by atoms with Gasteiger partial charge >= 0.3 is 0 Å². The number of hydrogen-bond donors (Lipinski definition) is 1. The minimum atomic E-state index is 0.861. The van der Waals surface area contributed by atoms with Gasteiger partial charge < -0.3 is 4.90 Å². The van der Waals surface area contributed by atoms with Crippen molar-refractivity contribution in [3.63, 3.8) is 0 Å². The molecule has 0 saturated carbocycles. The highest BCUT2D eigenvalue weighted by Crippen LogP contribution is 2.02. The fourth-order valence-electron chi connectivity index (χ4n) is 2.86. The summed E-state index contributed by atoms with van der Waals surface area (Å²) >= 11 is 0. The molecule has 0 radical (unpaired) electrons. The molecule has 5 nitrogen and oxygen atoms in total. The molecule has 0 spiro atoms. The second-order valence-corrected chi connectivity index (χ2v) is 5.54. The van der Waals surface area contributed by atoms with E-state index in [1.165, 1.54) is 37.9 Å². The number of piperidine rings is 1. The van der Waals surface area contributed by atoms with Gasteiger partial charge in [0.25, 0.3) is 0 Å². The molecule has 0 unspecified atom stereocenters. The Kier molecular flexibility index (Phi) is 4.38. The van der Waals surface area contributed by atoms with Crippen LogP contribution in [-0.4, -0.2) is 33.3 Å². The van der Waals surface area contributed by atoms with Crippen LogP contribution >= 0.6 is 0 Å². The first-order chi connectivity index (χ1) is 9.92. The number of likely N-dealkylation sites (tertiary alicyclic amines) is 1. The van der Waals surface area contributed by atoms with Gasteiger partial charge in [-0.3, -0.25) is 0 Å². The number of tetrazole rings is 1. The zero-order chi connectivity index (χ0) is 13.6. The summed E-state index contributed by atoms with van der Waals surface area (Å²) in [7, 11) is 0.